The summed E-state index contributed by atoms with van der Waals surface area (Å²) in [5.41, 5.74) is 4.35. The number of alkyl halides is 2. The van der Waals surface area contributed by atoms with Crippen LogP contribution < -0.4 is 10.6 Å². The lowest BCUT2D eigenvalue weighted by Gasteiger charge is -2.30. The Balaban J connectivity index is 1.16. The average molecular weight is 855 g/mol. The third-order valence-corrected chi connectivity index (χ3v) is 12.3. The molecule has 4 heterocycles. The van der Waals surface area contributed by atoms with Gasteiger partial charge in [0.2, 0.25) is 11.8 Å². The molecule has 2 aromatic carbocycles. The van der Waals surface area contributed by atoms with Crippen LogP contribution in [0.3, 0.4) is 0 Å². The van der Waals surface area contributed by atoms with Gasteiger partial charge in [-0.3, -0.25) is 9.59 Å². The third-order valence-electron chi connectivity index (χ3n) is 12.3. The molecule has 1 aliphatic carbocycles. The van der Waals surface area contributed by atoms with Crippen LogP contribution >= 0.6 is 0 Å². The van der Waals surface area contributed by atoms with Gasteiger partial charge in [0, 0.05) is 36.9 Å². The Morgan fingerprint density at radius 1 is 0.855 bits per heavy atom. The van der Waals surface area contributed by atoms with Crippen LogP contribution in [-0.2, 0) is 19.1 Å². The van der Waals surface area contributed by atoms with Crippen molar-refractivity contribution in [1.29, 1.82) is 0 Å². The maximum atomic E-state index is 15.6. The Bertz CT molecular complexity index is 2430. The highest BCUT2D eigenvalue weighted by Crippen LogP contribution is 2.40. The zero-order valence-corrected chi connectivity index (χ0v) is 36.1. The summed E-state index contributed by atoms with van der Waals surface area (Å²) in [5.74, 6) is -2.62. The van der Waals surface area contributed by atoms with E-state index in [0.717, 1.165) is 45.8 Å². The van der Waals surface area contributed by atoms with Crippen LogP contribution in [0.1, 0.15) is 108 Å². The lowest BCUT2D eigenvalue weighted by Crippen LogP contribution is -2.51. The largest absolute Gasteiger partial charge is 0.453 e. The Morgan fingerprint density at radius 3 is 2.06 bits per heavy atom. The van der Waals surface area contributed by atoms with Crippen LogP contribution in [0.5, 0.6) is 0 Å². The van der Waals surface area contributed by atoms with Crippen molar-refractivity contribution in [2.24, 2.45) is 11.8 Å². The molecular weight excluding hydrogens is 799 g/mol. The van der Waals surface area contributed by atoms with E-state index in [1.807, 2.05) is 70.2 Å². The molecule has 0 unspecified atom stereocenters. The summed E-state index contributed by atoms with van der Waals surface area (Å²) in [7, 11) is 2.52. The summed E-state index contributed by atoms with van der Waals surface area (Å²) in [6.45, 7) is 12.6. The van der Waals surface area contributed by atoms with Crippen LogP contribution in [0.2, 0.25) is 0 Å². The zero-order valence-electron chi connectivity index (χ0n) is 36.1. The summed E-state index contributed by atoms with van der Waals surface area (Å²) < 4.78 is 40.8. The van der Waals surface area contributed by atoms with Gasteiger partial charge < -0.3 is 39.9 Å². The van der Waals surface area contributed by atoms with Crippen LogP contribution in [0.25, 0.3) is 33.0 Å². The van der Waals surface area contributed by atoms with Gasteiger partial charge in [0.25, 0.3) is 5.92 Å². The van der Waals surface area contributed by atoms with E-state index < -0.39 is 42.7 Å². The van der Waals surface area contributed by atoms with E-state index in [0.29, 0.717) is 48.8 Å². The number of halogens is 2. The highest BCUT2D eigenvalue weighted by molar-refractivity contribution is 6.05. The fourth-order valence-corrected chi connectivity index (χ4v) is 8.93. The maximum absolute atomic E-state index is 15.6. The number of benzene rings is 2. The number of imidazole rings is 2. The van der Waals surface area contributed by atoms with E-state index in [2.05, 4.69) is 32.2 Å². The van der Waals surface area contributed by atoms with Gasteiger partial charge >= 0.3 is 12.2 Å². The number of H-pyrrole nitrogens is 2. The van der Waals surface area contributed by atoms with E-state index in [1.165, 1.54) is 14.2 Å². The molecular formula is C46H56F2N8O6. The SMILES string of the molecule is C=C1CC(F)(F)CC/C(c2ccc3c(ccc4[nH]c([C@@H]5CCCN5C(=O)[C@@H](NC(=O)OC)C(C)C)nc43)c2)=C\C=C1c1cnc([C@@H]2CCCN2C(=O)[C@H](NC(=O)OC)C(C)C)[nH]1. The minimum atomic E-state index is -3.02. The number of alkyl carbamates (subject to hydrolysis) is 2. The molecule has 16 heteroatoms. The standard InChI is InChI=1S/C46H56F2N8O6/c1-25(2)37(53-44(59)61-6)42(57)55-20-8-10-35(55)40-49-24-34(51-40)31-15-12-28(18-19-46(47,48)23-27(31)5)29-13-16-32-30(22-29)14-17-33-39(32)52-41(50-33)36-11-9-21-56(36)43(58)38(26(3)4)54-45(60)62-7/h12-17,22,24-26,35-38H,5,8-11,18-21,23H2,1-4,6-7H3,(H,49,51)(H,50,52)(H,53,59)(H,54,60)/b28-12+,31-15?/t35-,36-,37+,38-/m0/s1. The Hall–Kier alpha value is -6.06. The van der Waals surface area contributed by atoms with Crippen molar-refractivity contribution in [3.63, 3.8) is 0 Å². The average Bonchev–Trinajstić information content (AvgIpc) is 4.08. The lowest BCUT2D eigenvalue weighted by atomic mass is 9.95. The summed E-state index contributed by atoms with van der Waals surface area (Å²) in [6, 6.07) is 7.56. The van der Waals surface area contributed by atoms with Gasteiger partial charge in [0.15, 0.2) is 0 Å². The van der Waals surface area contributed by atoms with Gasteiger partial charge in [-0.2, -0.15) is 0 Å². The molecule has 3 aliphatic rings. The molecule has 4 atom stereocenters. The number of hydrogen-bond acceptors (Lipinski definition) is 8. The van der Waals surface area contributed by atoms with Crippen molar-refractivity contribution in [2.75, 3.05) is 27.3 Å². The Morgan fingerprint density at radius 2 is 1.47 bits per heavy atom. The molecule has 4 aromatic rings. The molecule has 330 valence electrons. The summed E-state index contributed by atoms with van der Waals surface area (Å²) in [4.78, 5) is 71.5. The summed E-state index contributed by atoms with van der Waals surface area (Å²) in [6.07, 6.45) is 6.05. The predicted molar refractivity (Wildman–Crippen MR) is 232 cm³/mol. The second-order valence-corrected chi connectivity index (χ2v) is 17.2. The van der Waals surface area contributed by atoms with Gasteiger partial charge in [0.05, 0.1) is 49.2 Å². The number of aromatic amines is 2. The molecule has 4 N–H and O–H groups in total. The topological polar surface area (TPSA) is 175 Å². The highest BCUT2D eigenvalue weighted by atomic mass is 19.3. The summed E-state index contributed by atoms with van der Waals surface area (Å²) in [5, 5.41) is 7.10. The number of aromatic nitrogens is 4. The fraction of sp³-hybridized carbons (Fsp3) is 0.478. The number of nitrogens with zero attached hydrogens (tertiary/aromatic N) is 4. The van der Waals surface area contributed by atoms with Crippen LogP contribution in [0.15, 0.2) is 60.8 Å². The van der Waals surface area contributed by atoms with Crippen molar-refractivity contribution >= 4 is 57.0 Å². The molecule has 0 spiro atoms. The van der Waals surface area contributed by atoms with Crippen LogP contribution in [0, 0.1) is 11.8 Å². The van der Waals surface area contributed by atoms with Gasteiger partial charge in [0.1, 0.15) is 23.7 Å². The monoisotopic (exact) mass is 854 g/mol. The van der Waals surface area contributed by atoms with Crippen molar-refractivity contribution in [2.45, 2.75) is 103 Å². The number of amides is 4. The number of ether oxygens (including phenoxy) is 2. The van der Waals surface area contributed by atoms with Gasteiger partial charge in [-0.05, 0) is 78.2 Å². The Kier molecular flexibility index (Phi) is 12.9. The van der Waals surface area contributed by atoms with E-state index in [4.69, 9.17) is 14.5 Å². The van der Waals surface area contributed by atoms with Gasteiger partial charge in [-0.15, -0.1) is 0 Å². The first-order chi connectivity index (χ1) is 29.6. The van der Waals surface area contributed by atoms with E-state index in [1.54, 1.807) is 16.0 Å². The number of likely N-dealkylation sites (tertiary alicyclic amines) is 2. The van der Waals surface area contributed by atoms with E-state index >= 15 is 8.78 Å². The number of nitrogens with one attached hydrogen (secondary N) is 4. The molecule has 62 heavy (non-hydrogen) atoms. The predicted octanol–water partition coefficient (Wildman–Crippen LogP) is 8.37. The molecule has 0 bridgehead atoms. The first-order valence-corrected chi connectivity index (χ1v) is 21.3. The molecule has 0 radical (unpaired) electrons. The second kappa shape index (κ2) is 18.1. The second-order valence-electron chi connectivity index (χ2n) is 17.2. The number of fused-ring (bicyclic) bond motifs is 3. The van der Waals surface area contributed by atoms with Crippen molar-refractivity contribution in [3.8, 4) is 0 Å². The van der Waals surface area contributed by atoms with Gasteiger partial charge in [-0.1, -0.05) is 64.6 Å². The quantitative estimate of drug-likeness (QED) is 0.123. The maximum Gasteiger partial charge on any atom is 0.407 e. The summed E-state index contributed by atoms with van der Waals surface area (Å²) >= 11 is 0. The minimum absolute atomic E-state index is 0.127. The first-order valence-electron chi connectivity index (χ1n) is 21.3. The van der Waals surface area contributed by atoms with Crippen LogP contribution in [0.4, 0.5) is 18.4 Å². The smallest absolute Gasteiger partial charge is 0.407 e. The van der Waals surface area contributed by atoms with E-state index in [-0.39, 0.29) is 48.1 Å². The number of carbonyl (C=O) groups is 4. The van der Waals surface area contributed by atoms with Crippen LogP contribution in [-0.4, -0.2) is 99.1 Å². The highest BCUT2D eigenvalue weighted by Gasteiger charge is 2.40. The third kappa shape index (κ3) is 9.09. The molecule has 14 nitrogen and oxygen atoms in total. The molecule has 2 aliphatic heterocycles. The normalized spacial score (nSPS) is 21.2. The van der Waals surface area contributed by atoms with Crippen molar-refractivity contribution < 1.29 is 37.4 Å². The molecule has 2 aromatic heterocycles. The molecule has 2 fully saturated rings. The van der Waals surface area contributed by atoms with E-state index in [9.17, 15) is 19.2 Å². The Labute approximate surface area is 359 Å². The van der Waals surface area contributed by atoms with Crippen molar-refractivity contribution in [1.82, 2.24) is 40.4 Å². The molecule has 0 saturated carbocycles. The zero-order chi connectivity index (χ0) is 44.5. The minimum Gasteiger partial charge on any atom is -0.453 e. The number of carbonyl (C=O) groups excluding carboxylic acids is 4. The molecule has 4 amide bonds. The molecule has 2 saturated heterocycles. The molecule has 7 rings (SSSR count). The van der Waals surface area contributed by atoms with Gasteiger partial charge in [-0.25, -0.2) is 28.3 Å². The first kappa shape index (κ1) is 44.0. The number of allylic oxidation sites excluding steroid dienone is 5. The number of rotatable bonds is 10. The fourth-order valence-electron chi connectivity index (χ4n) is 8.93. The lowest BCUT2D eigenvalue weighted by molar-refractivity contribution is -0.136. The number of hydrogen-bond donors (Lipinski definition) is 4. The number of methoxy groups -OCH3 is 2. The van der Waals surface area contributed by atoms with Crippen molar-refractivity contribution in [3.05, 3.63) is 83.7 Å².